The van der Waals surface area contributed by atoms with Crippen LogP contribution in [0.5, 0.6) is 0 Å². The maximum absolute atomic E-state index is 12.1. The molecule has 0 unspecified atom stereocenters. The molecule has 0 saturated carbocycles. The molecular weight excluding hydrogens is 242 g/mol. The van der Waals surface area contributed by atoms with Gasteiger partial charge in [0.25, 0.3) is 0 Å². The van der Waals surface area contributed by atoms with Gasteiger partial charge in [-0.3, -0.25) is 4.79 Å². The molecule has 0 fully saturated rings. The van der Waals surface area contributed by atoms with E-state index in [0.29, 0.717) is 6.54 Å². The lowest BCUT2D eigenvalue weighted by atomic mass is 10.0. The van der Waals surface area contributed by atoms with Gasteiger partial charge in [0.15, 0.2) is 0 Å². The van der Waals surface area contributed by atoms with Gasteiger partial charge >= 0.3 is 5.97 Å². The van der Waals surface area contributed by atoms with Crippen LogP contribution in [0.1, 0.15) is 19.4 Å². The number of hydrogen-bond acceptors (Lipinski definition) is 3. The number of amides is 1. The Morgan fingerprint density at radius 1 is 1.32 bits per heavy atom. The summed E-state index contributed by atoms with van der Waals surface area (Å²) in [7, 11) is 0. The molecule has 0 bridgehead atoms. The maximum atomic E-state index is 12.1. The fraction of sp³-hybridized carbons (Fsp3) is 0.333. The number of rotatable bonds is 4. The average molecular weight is 259 g/mol. The predicted molar refractivity (Wildman–Crippen MR) is 71.2 cm³/mol. The minimum Gasteiger partial charge on any atom is -0.459 e. The van der Waals surface area contributed by atoms with E-state index in [1.165, 1.54) is 11.0 Å². The van der Waals surface area contributed by atoms with Crippen molar-refractivity contribution in [2.75, 3.05) is 6.54 Å². The van der Waals surface area contributed by atoms with E-state index in [1.54, 1.807) is 19.9 Å². The van der Waals surface area contributed by atoms with Gasteiger partial charge in [-0.15, -0.1) is 0 Å². The summed E-state index contributed by atoms with van der Waals surface area (Å²) in [6.45, 7) is 4.07. The van der Waals surface area contributed by atoms with Crippen molar-refractivity contribution in [2.24, 2.45) is 0 Å². The minimum absolute atomic E-state index is 0.151. The highest BCUT2D eigenvalue weighted by Crippen LogP contribution is 2.20. The van der Waals surface area contributed by atoms with Gasteiger partial charge in [0.2, 0.25) is 5.91 Å². The highest BCUT2D eigenvalue weighted by Gasteiger charge is 2.39. The number of carbonyl (C=O) groups excluding carboxylic acids is 2. The van der Waals surface area contributed by atoms with Crippen LogP contribution < -0.4 is 0 Å². The molecule has 0 spiro atoms. The van der Waals surface area contributed by atoms with Crippen LogP contribution in [0.4, 0.5) is 0 Å². The average Bonchev–Trinajstić information content (AvgIpc) is 2.84. The van der Waals surface area contributed by atoms with Crippen molar-refractivity contribution in [3.8, 4) is 0 Å². The summed E-state index contributed by atoms with van der Waals surface area (Å²) in [5, 5.41) is 0. The van der Waals surface area contributed by atoms with Crippen LogP contribution in [0.15, 0.2) is 42.5 Å². The lowest BCUT2D eigenvalue weighted by Crippen LogP contribution is -2.51. The van der Waals surface area contributed by atoms with Crippen molar-refractivity contribution in [3.05, 3.63) is 48.0 Å². The Labute approximate surface area is 112 Å². The van der Waals surface area contributed by atoms with Gasteiger partial charge in [0.1, 0.15) is 12.1 Å². The Kier molecular flexibility index (Phi) is 3.69. The van der Waals surface area contributed by atoms with Crippen LogP contribution in [-0.4, -0.2) is 28.9 Å². The van der Waals surface area contributed by atoms with Crippen LogP contribution >= 0.6 is 0 Å². The molecule has 1 heterocycles. The zero-order chi connectivity index (χ0) is 13.9. The zero-order valence-electron chi connectivity index (χ0n) is 11.1. The van der Waals surface area contributed by atoms with Gasteiger partial charge in [-0.05, 0) is 19.4 Å². The molecule has 2 rings (SSSR count). The molecule has 0 aliphatic carbocycles. The lowest BCUT2D eigenvalue weighted by molar-refractivity contribution is -0.160. The molecule has 4 heteroatoms. The minimum atomic E-state index is -0.949. The number of carbonyl (C=O) groups is 2. The van der Waals surface area contributed by atoms with Crippen LogP contribution in [-0.2, 0) is 20.9 Å². The first-order valence-corrected chi connectivity index (χ1v) is 6.21. The van der Waals surface area contributed by atoms with Crippen molar-refractivity contribution in [2.45, 2.75) is 26.0 Å². The Morgan fingerprint density at radius 3 is 2.58 bits per heavy atom. The van der Waals surface area contributed by atoms with Crippen LogP contribution in [0.2, 0.25) is 0 Å². The van der Waals surface area contributed by atoms with E-state index in [0.717, 1.165) is 5.56 Å². The zero-order valence-corrected chi connectivity index (χ0v) is 11.1. The highest BCUT2D eigenvalue weighted by atomic mass is 16.5. The molecule has 4 nitrogen and oxygen atoms in total. The third-order valence-corrected chi connectivity index (χ3v) is 3.20. The molecule has 0 saturated heterocycles. The van der Waals surface area contributed by atoms with E-state index < -0.39 is 11.5 Å². The second kappa shape index (κ2) is 5.26. The Bertz CT molecular complexity index is 505. The van der Waals surface area contributed by atoms with Crippen LogP contribution in [0.25, 0.3) is 0 Å². The summed E-state index contributed by atoms with van der Waals surface area (Å²) in [5.41, 5.74) is -0.0208. The molecule has 0 radical (unpaired) electrons. The van der Waals surface area contributed by atoms with Gasteiger partial charge in [0.05, 0.1) is 0 Å². The third-order valence-electron chi connectivity index (χ3n) is 3.20. The van der Waals surface area contributed by atoms with Gasteiger partial charge in [-0.2, -0.15) is 0 Å². The second-order valence-corrected chi connectivity index (χ2v) is 4.97. The summed E-state index contributed by atoms with van der Waals surface area (Å²) in [6, 6.07) is 9.47. The van der Waals surface area contributed by atoms with E-state index in [-0.39, 0.29) is 12.5 Å². The highest BCUT2D eigenvalue weighted by molar-refractivity contribution is 5.95. The standard InChI is InChI=1S/C15H17NO3/c1-15(2,16-10-6-9-13(16)17)14(18)19-11-12-7-4-3-5-8-12/h3-9H,10-11H2,1-2H3. The van der Waals surface area contributed by atoms with Crippen molar-refractivity contribution >= 4 is 11.9 Å². The molecule has 0 atom stereocenters. The smallest absolute Gasteiger partial charge is 0.331 e. The SMILES string of the molecule is CC(C)(C(=O)OCc1ccccc1)N1CC=CC1=O. The van der Waals surface area contributed by atoms with E-state index in [4.69, 9.17) is 4.74 Å². The third kappa shape index (κ3) is 2.84. The molecule has 1 aromatic rings. The lowest BCUT2D eigenvalue weighted by Gasteiger charge is -2.32. The first kappa shape index (κ1) is 13.3. The summed E-state index contributed by atoms with van der Waals surface area (Å²) >= 11 is 0. The molecule has 1 aliphatic heterocycles. The quantitative estimate of drug-likeness (QED) is 0.776. The topological polar surface area (TPSA) is 46.6 Å². The Morgan fingerprint density at radius 2 is 2.00 bits per heavy atom. The molecule has 1 aromatic carbocycles. The first-order chi connectivity index (χ1) is 9.01. The number of esters is 1. The van der Waals surface area contributed by atoms with Crippen molar-refractivity contribution in [1.82, 2.24) is 4.90 Å². The second-order valence-electron chi connectivity index (χ2n) is 4.97. The molecule has 1 aliphatic rings. The van der Waals surface area contributed by atoms with Crippen LogP contribution in [0.3, 0.4) is 0 Å². The molecule has 100 valence electrons. The largest absolute Gasteiger partial charge is 0.459 e. The van der Waals surface area contributed by atoms with E-state index in [1.807, 2.05) is 30.3 Å². The predicted octanol–water partition coefficient (Wildman–Crippen LogP) is 1.91. The molecule has 19 heavy (non-hydrogen) atoms. The number of ether oxygens (including phenoxy) is 1. The maximum Gasteiger partial charge on any atom is 0.331 e. The first-order valence-electron chi connectivity index (χ1n) is 6.21. The number of benzene rings is 1. The summed E-state index contributed by atoms with van der Waals surface area (Å²) in [6.07, 6.45) is 3.22. The van der Waals surface area contributed by atoms with Crippen molar-refractivity contribution < 1.29 is 14.3 Å². The van der Waals surface area contributed by atoms with Crippen molar-refractivity contribution in [1.29, 1.82) is 0 Å². The van der Waals surface area contributed by atoms with Gasteiger partial charge < -0.3 is 9.64 Å². The fourth-order valence-corrected chi connectivity index (χ4v) is 1.95. The van der Waals surface area contributed by atoms with Gasteiger partial charge in [-0.25, -0.2) is 4.79 Å². The number of hydrogen-bond donors (Lipinski definition) is 0. The molecular formula is C15H17NO3. The van der Waals surface area contributed by atoms with E-state index in [9.17, 15) is 9.59 Å². The fourth-order valence-electron chi connectivity index (χ4n) is 1.95. The summed E-state index contributed by atoms with van der Waals surface area (Å²) in [5.74, 6) is -0.546. The normalized spacial score (nSPS) is 14.8. The Hall–Kier alpha value is -2.10. The monoisotopic (exact) mass is 259 g/mol. The van der Waals surface area contributed by atoms with E-state index in [2.05, 4.69) is 0 Å². The molecule has 1 amide bonds. The van der Waals surface area contributed by atoms with Crippen molar-refractivity contribution in [3.63, 3.8) is 0 Å². The summed E-state index contributed by atoms with van der Waals surface area (Å²) in [4.78, 5) is 25.3. The van der Waals surface area contributed by atoms with Gasteiger partial charge in [0, 0.05) is 12.6 Å². The molecule has 0 aromatic heterocycles. The van der Waals surface area contributed by atoms with Crippen LogP contribution in [0, 0.1) is 0 Å². The number of nitrogens with zero attached hydrogens (tertiary/aromatic N) is 1. The Balaban J connectivity index is 1.97. The summed E-state index contributed by atoms with van der Waals surface area (Å²) < 4.78 is 5.29. The van der Waals surface area contributed by atoms with Gasteiger partial charge in [-0.1, -0.05) is 36.4 Å². The van der Waals surface area contributed by atoms with E-state index >= 15 is 0 Å². The molecule has 0 N–H and O–H groups in total.